The molecule has 0 amide bonds. The first kappa shape index (κ1) is 17.3. The third-order valence-electron chi connectivity index (χ3n) is 3.21. The van der Waals surface area contributed by atoms with Crippen LogP contribution < -0.4 is 0 Å². The molecule has 0 saturated carbocycles. The molecule has 1 rings (SSSR count). The molecule has 1 atom stereocenters. The number of alkyl halides is 4. The zero-order chi connectivity index (χ0) is 15.6. The molecule has 1 aromatic carbocycles. The lowest BCUT2D eigenvalue weighted by atomic mass is 9.84. The molecule has 0 aromatic heterocycles. The molecule has 114 valence electrons. The van der Waals surface area contributed by atoms with E-state index in [9.17, 15) is 18.3 Å². The normalized spacial score (nSPS) is 14.4. The predicted molar refractivity (Wildman–Crippen MR) is 75.2 cm³/mol. The second kappa shape index (κ2) is 6.35. The number of aliphatic hydroxyl groups is 1. The molecule has 1 N–H and O–H groups in total. The molecule has 0 spiro atoms. The summed E-state index contributed by atoms with van der Waals surface area (Å²) < 4.78 is 39.4. The van der Waals surface area contributed by atoms with Crippen LogP contribution in [0.4, 0.5) is 13.2 Å². The highest BCUT2D eigenvalue weighted by Crippen LogP contribution is 2.35. The number of aryl methyl sites for hydroxylation is 1. The molecular formula is C15H20ClF3O. The Morgan fingerprint density at radius 1 is 1.20 bits per heavy atom. The number of halogens is 4. The molecule has 0 aliphatic rings. The first-order valence-electron chi connectivity index (χ1n) is 6.50. The molecule has 0 bridgehead atoms. The van der Waals surface area contributed by atoms with Gasteiger partial charge in [-0.3, -0.25) is 0 Å². The number of hydrogen-bond acceptors (Lipinski definition) is 1. The lowest BCUT2D eigenvalue weighted by Crippen LogP contribution is -2.17. The summed E-state index contributed by atoms with van der Waals surface area (Å²) in [6, 6.07) is 4.43. The largest absolute Gasteiger partial charge is 0.416 e. The maximum Gasteiger partial charge on any atom is 0.416 e. The van der Waals surface area contributed by atoms with Crippen LogP contribution in [-0.2, 0) is 18.0 Å². The summed E-state index contributed by atoms with van der Waals surface area (Å²) in [6.07, 6.45) is -4.78. The van der Waals surface area contributed by atoms with E-state index in [1.807, 2.05) is 20.8 Å². The summed E-state index contributed by atoms with van der Waals surface area (Å²) in [4.78, 5) is 0. The molecule has 1 nitrogen and oxygen atoms in total. The molecule has 20 heavy (non-hydrogen) atoms. The minimum Gasteiger partial charge on any atom is -0.392 e. The maximum absolute atomic E-state index is 13.1. The van der Waals surface area contributed by atoms with Crippen molar-refractivity contribution in [2.75, 3.05) is 5.88 Å². The first-order valence-corrected chi connectivity index (χ1v) is 7.04. The fourth-order valence-corrected chi connectivity index (χ4v) is 2.08. The fourth-order valence-electron chi connectivity index (χ4n) is 1.92. The van der Waals surface area contributed by atoms with Gasteiger partial charge >= 0.3 is 6.18 Å². The Labute approximate surface area is 122 Å². The Kier molecular flexibility index (Phi) is 5.50. The van der Waals surface area contributed by atoms with Crippen LogP contribution in [0.25, 0.3) is 0 Å². The second-order valence-electron chi connectivity index (χ2n) is 5.97. The Morgan fingerprint density at radius 3 is 2.25 bits per heavy atom. The van der Waals surface area contributed by atoms with Crippen LogP contribution in [0.3, 0.4) is 0 Å². The van der Waals surface area contributed by atoms with E-state index < -0.39 is 17.8 Å². The SMILES string of the molecule is CC(C)(C)c1ccc(CCC(O)CCl)c(C(F)(F)F)c1. The topological polar surface area (TPSA) is 20.2 Å². The van der Waals surface area contributed by atoms with Crippen molar-refractivity contribution in [1.29, 1.82) is 0 Å². The molecule has 0 fully saturated rings. The first-order chi connectivity index (χ1) is 9.05. The summed E-state index contributed by atoms with van der Waals surface area (Å²) >= 11 is 5.46. The van der Waals surface area contributed by atoms with Gasteiger partial charge in [0.15, 0.2) is 0 Å². The Bertz CT molecular complexity index is 449. The quantitative estimate of drug-likeness (QED) is 0.810. The van der Waals surface area contributed by atoms with Gasteiger partial charge in [0.1, 0.15) is 0 Å². The zero-order valence-electron chi connectivity index (χ0n) is 11.9. The highest BCUT2D eigenvalue weighted by molar-refractivity contribution is 6.18. The van der Waals surface area contributed by atoms with Crippen molar-refractivity contribution in [1.82, 2.24) is 0 Å². The average Bonchev–Trinajstić information content (AvgIpc) is 2.33. The van der Waals surface area contributed by atoms with Gasteiger partial charge in [-0.2, -0.15) is 13.2 Å². The van der Waals surface area contributed by atoms with Crippen molar-refractivity contribution in [2.45, 2.75) is 51.3 Å². The van der Waals surface area contributed by atoms with Crippen LogP contribution in [0.1, 0.15) is 43.9 Å². The number of benzene rings is 1. The van der Waals surface area contributed by atoms with E-state index in [4.69, 9.17) is 11.6 Å². The van der Waals surface area contributed by atoms with E-state index in [0.29, 0.717) is 5.56 Å². The summed E-state index contributed by atoms with van der Waals surface area (Å²) in [5.74, 6) is 0.0292. The predicted octanol–water partition coefficient (Wildman–Crippen LogP) is 4.54. The molecular weight excluding hydrogens is 289 g/mol. The van der Waals surface area contributed by atoms with Crippen LogP contribution in [0.15, 0.2) is 18.2 Å². The number of hydrogen-bond donors (Lipinski definition) is 1. The Hall–Kier alpha value is -0.740. The van der Waals surface area contributed by atoms with Crippen molar-refractivity contribution in [3.8, 4) is 0 Å². The molecule has 0 aliphatic carbocycles. The monoisotopic (exact) mass is 308 g/mol. The van der Waals surface area contributed by atoms with Crippen LogP contribution >= 0.6 is 11.6 Å². The van der Waals surface area contributed by atoms with Crippen LogP contribution in [0.5, 0.6) is 0 Å². The van der Waals surface area contributed by atoms with Gasteiger partial charge in [-0.25, -0.2) is 0 Å². The van der Waals surface area contributed by atoms with Gasteiger partial charge in [0, 0.05) is 5.88 Å². The zero-order valence-corrected chi connectivity index (χ0v) is 12.6. The van der Waals surface area contributed by atoms with Gasteiger partial charge in [-0.15, -0.1) is 11.6 Å². The van der Waals surface area contributed by atoms with Crippen molar-refractivity contribution in [2.24, 2.45) is 0 Å². The van der Waals surface area contributed by atoms with Crippen molar-refractivity contribution in [3.63, 3.8) is 0 Å². The van der Waals surface area contributed by atoms with Gasteiger partial charge in [0.25, 0.3) is 0 Å². The van der Waals surface area contributed by atoms with Gasteiger partial charge in [-0.05, 0) is 35.4 Å². The van der Waals surface area contributed by atoms with Crippen LogP contribution in [0.2, 0.25) is 0 Å². The maximum atomic E-state index is 13.1. The third kappa shape index (κ3) is 4.67. The minimum atomic E-state index is -4.39. The molecule has 0 radical (unpaired) electrons. The fraction of sp³-hybridized carbons (Fsp3) is 0.600. The van der Waals surface area contributed by atoms with Crippen LogP contribution in [0, 0.1) is 0 Å². The van der Waals surface area contributed by atoms with Gasteiger partial charge in [-0.1, -0.05) is 32.9 Å². The molecule has 0 aliphatic heterocycles. The Balaban J connectivity index is 3.12. The lowest BCUT2D eigenvalue weighted by Gasteiger charge is -2.22. The summed E-state index contributed by atoms with van der Waals surface area (Å²) in [6.45, 7) is 5.62. The smallest absolute Gasteiger partial charge is 0.392 e. The van der Waals surface area contributed by atoms with E-state index >= 15 is 0 Å². The molecule has 1 unspecified atom stereocenters. The summed E-state index contributed by atoms with van der Waals surface area (Å²) in [7, 11) is 0. The lowest BCUT2D eigenvalue weighted by molar-refractivity contribution is -0.138. The second-order valence-corrected chi connectivity index (χ2v) is 6.28. The minimum absolute atomic E-state index is 0.0292. The van der Waals surface area contributed by atoms with E-state index in [1.165, 1.54) is 12.1 Å². The van der Waals surface area contributed by atoms with Crippen molar-refractivity contribution in [3.05, 3.63) is 34.9 Å². The number of aliphatic hydroxyl groups excluding tert-OH is 1. The third-order valence-corrected chi connectivity index (χ3v) is 3.56. The van der Waals surface area contributed by atoms with Crippen molar-refractivity contribution >= 4 is 11.6 Å². The van der Waals surface area contributed by atoms with E-state index in [-0.39, 0.29) is 29.7 Å². The molecule has 0 heterocycles. The van der Waals surface area contributed by atoms with Gasteiger partial charge < -0.3 is 5.11 Å². The Morgan fingerprint density at radius 2 is 1.80 bits per heavy atom. The standard InChI is InChI=1S/C15H20ClF3O/c1-14(2,3)11-6-4-10(5-7-12(20)9-16)13(8-11)15(17,18)19/h4,6,8,12,20H,5,7,9H2,1-3H3. The molecule has 5 heteroatoms. The number of rotatable bonds is 4. The van der Waals surface area contributed by atoms with Crippen molar-refractivity contribution < 1.29 is 18.3 Å². The highest BCUT2D eigenvalue weighted by atomic mass is 35.5. The van der Waals surface area contributed by atoms with E-state index in [0.717, 1.165) is 0 Å². The van der Waals surface area contributed by atoms with E-state index in [1.54, 1.807) is 6.07 Å². The van der Waals surface area contributed by atoms with Gasteiger partial charge in [0.05, 0.1) is 11.7 Å². The summed E-state index contributed by atoms with van der Waals surface area (Å²) in [5.41, 5.74) is -0.110. The average molecular weight is 309 g/mol. The molecule has 1 aromatic rings. The van der Waals surface area contributed by atoms with Gasteiger partial charge in [0.2, 0.25) is 0 Å². The van der Waals surface area contributed by atoms with E-state index in [2.05, 4.69) is 0 Å². The summed E-state index contributed by atoms with van der Waals surface area (Å²) in [5, 5.41) is 9.38. The molecule has 0 saturated heterocycles. The highest BCUT2D eigenvalue weighted by Gasteiger charge is 2.34. The van der Waals surface area contributed by atoms with Crippen LogP contribution in [-0.4, -0.2) is 17.1 Å².